The highest BCUT2D eigenvalue weighted by atomic mass is 32.2. The Balaban J connectivity index is 1.33. The zero-order valence-electron chi connectivity index (χ0n) is 24.6. The number of aryl methyl sites for hydroxylation is 1. The number of carboxylic acid groups (broad SMARTS) is 1. The molecular weight excluding hydrogens is 568 g/mol. The lowest BCUT2D eigenvalue weighted by atomic mass is 9.98. The normalized spacial score (nSPS) is 13.6. The lowest BCUT2D eigenvalue weighted by Gasteiger charge is -2.20. The van der Waals surface area contributed by atoms with E-state index in [4.69, 9.17) is 0 Å². The number of amides is 2. The van der Waals surface area contributed by atoms with Crippen molar-refractivity contribution < 1.29 is 27.9 Å². The quantitative estimate of drug-likeness (QED) is 0.195. The van der Waals surface area contributed by atoms with Gasteiger partial charge in [-0.15, -0.1) is 0 Å². The molecule has 11 heteroatoms. The summed E-state index contributed by atoms with van der Waals surface area (Å²) in [5, 5.41) is 21.0. The number of nitrogens with one attached hydrogen (secondary N) is 4. The first-order chi connectivity index (χ1) is 20.5. The molecule has 0 spiro atoms. The maximum atomic E-state index is 12.7. The van der Waals surface area contributed by atoms with Crippen LogP contribution < -0.4 is 21.3 Å². The predicted molar refractivity (Wildman–Crippen MR) is 166 cm³/mol. The third-order valence-electron chi connectivity index (χ3n) is 7.41. The second-order valence-corrected chi connectivity index (χ2v) is 13.4. The molecule has 0 bridgehead atoms. The molecule has 0 radical (unpaired) electrons. The minimum Gasteiger partial charge on any atom is -0.479 e. The summed E-state index contributed by atoms with van der Waals surface area (Å²) < 4.78 is 25.4. The summed E-state index contributed by atoms with van der Waals surface area (Å²) >= 11 is 0. The highest BCUT2D eigenvalue weighted by Crippen LogP contribution is 2.26. The van der Waals surface area contributed by atoms with E-state index in [1.165, 1.54) is 0 Å². The second-order valence-electron chi connectivity index (χ2n) is 10.9. The molecule has 2 amide bonds. The summed E-state index contributed by atoms with van der Waals surface area (Å²) in [6.45, 7) is 4.22. The maximum Gasteiger partial charge on any atom is 0.330 e. The van der Waals surface area contributed by atoms with Gasteiger partial charge >= 0.3 is 5.97 Å². The summed E-state index contributed by atoms with van der Waals surface area (Å²) in [7, 11) is -1.72. The monoisotopic (exact) mass is 606 g/mol. The van der Waals surface area contributed by atoms with Crippen molar-refractivity contribution in [3.8, 4) is 0 Å². The van der Waals surface area contributed by atoms with Crippen LogP contribution >= 0.6 is 0 Å². The second kappa shape index (κ2) is 13.8. The summed E-state index contributed by atoms with van der Waals surface area (Å²) in [4.78, 5) is 37.1. The van der Waals surface area contributed by atoms with Crippen LogP contribution in [0.1, 0.15) is 65.3 Å². The molecule has 1 atom stereocenters. The molecule has 5 N–H and O–H groups in total. The van der Waals surface area contributed by atoms with Gasteiger partial charge in [0, 0.05) is 36.4 Å². The molecule has 43 heavy (non-hydrogen) atoms. The van der Waals surface area contributed by atoms with Crippen molar-refractivity contribution in [1.29, 1.82) is 0 Å². The van der Waals surface area contributed by atoms with E-state index in [0.29, 0.717) is 54.0 Å². The van der Waals surface area contributed by atoms with Crippen LogP contribution in [0.25, 0.3) is 0 Å². The molecule has 1 heterocycles. The summed E-state index contributed by atoms with van der Waals surface area (Å²) in [6, 6.07) is 16.4. The van der Waals surface area contributed by atoms with E-state index < -0.39 is 27.1 Å². The van der Waals surface area contributed by atoms with Gasteiger partial charge in [0.1, 0.15) is 0 Å². The van der Waals surface area contributed by atoms with E-state index in [-0.39, 0.29) is 23.1 Å². The van der Waals surface area contributed by atoms with E-state index in [9.17, 15) is 27.9 Å². The Labute approximate surface area is 252 Å². The zero-order valence-corrected chi connectivity index (χ0v) is 25.4. The molecule has 0 aromatic heterocycles. The Morgan fingerprint density at radius 2 is 1.72 bits per heavy atom. The molecule has 0 saturated heterocycles. The number of hydrogen-bond donors (Lipinski definition) is 5. The summed E-state index contributed by atoms with van der Waals surface area (Å²) in [5.41, 5.74) is 4.70. The molecule has 0 saturated carbocycles. The van der Waals surface area contributed by atoms with Crippen molar-refractivity contribution in [1.82, 2.24) is 10.6 Å². The molecule has 3 aromatic carbocycles. The summed E-state index contributed by atoms with van der Waals surface area (Å²) in [5.74, 6) is -1.39. The van der Waals surface area contributed by atoms with Crippen molar-refractivity contribution >= 4 is 39.0 Å². The fourth-order valence-corrected chi connectivity index (χ4v) is 6.29. The first-order valence-electron chi connectivity index (χ1n) is 14.3. The van der Waals surface area contributed by atoms with Crippen molar-refractivity contribution in [2.45, 2.75) is 62.3 Å². The number of fused-ring (bicyclic) bond motifs is 1. The third-order valence-corrected chi connectivity index (χ3v) is 9.67. The lowest BCUT2D eigenvalue weighted by Crippen LogP contribution is -2.32. The minimum absolute atomic E-state index is 0.164. The van der Waals surface area contributed by atoms with Crippen LogP contribution in [0.3, 0.4) is 0 Å². The molecule has 10 nitrogen and oxygen atoms in total. The Morgan fingerprint density at radius 3 is 2.40 bits per heavy atom. The summed E-state index contributed by atoms with van der Waals surface area (Å²) in [6.07, 6.45) is 2.20. The Morgan fingerprint density at radius 1 is 1.00 bits per heavy atom. The fourth-order valence-electron chi connectivity index (χ4n) is 5.03. The van der Waals surface area contributed by atoms with Crippen LogP contribution in [-0.2, 0) is 38.8 Å². The largest absolute Gasteiger partial charge is 0.479 e. The molecule has 1 aliphatic rings. The van der Waals surface area contributed by atoms with Gasteiger partial charge in [0.05, 0.1) is 10.1 Å². The van der Waals surface area contributed by atoms with Crippen molar-refractivity contribution in [3.05, 3.63) is 88.5 Å². The minimum atomic E-state index is -3.46. The number of sulfone groups is 1. The van der Waals surface area contributed by atoms with Gasteiger partial charge < -0.3 is 26.4 Å². The first-order valence-corrected chi connectivity index (χ1v) is 15.8. The number of aliphatic carboxylic acids is 1. The van der Waals surface area contributed by atoms with Gasteiger partial charge in [-0.2, -0.15) is 0 Å². The number of carbonyl (C=O) groups excluding carboxylic acids is 2. The molecule has 0 aliphatic carbocycles. The van der Waals surface area contributed by atoms with Gasteiger partial charge in [-0.05, 0) is 92.7 Å². The van der Waals surface area contributed by atoms with Crippen LogP contribution in [0.2, 0.25) is 0 Å². The van der Waals surface area contributed by atoms with E-state index in [0.717, 1.165) is 17.5 Å². The molecule has 1 aliphatic heterocycles. The van der Waals surface area contributed by atoms with Crippen LogP contribution in [0, 0.1) is 0 Å². The Kier molecular flexibility index (Phi) is 10.2. The van der Waals surface area contributed by atoms with Gasteiger partial charge in [0.25, 0.3) is 5.91 Å². The number of carboxylic acids is 1. The molecule has 1 unspecified atom stereocenters. The number of benzene rings is 3. The Hall–Kier alpha value is -4.22. The fraction of sp³-hybridized carbons (Fsp3) is 0.344. The van der Waals surface area contributed by atoms with Gasteiger partial charge in [0.2, 0.25) is 5.91 Å². The molecule has 3 aromatic rings. The highest BCUT2D eigenvalue weighted by Gasteiger charge is 2.24. The van der Waals surface area contributed by atoms with Gasteiger partial charge in [-0.25, -0.2) is 13.2 Å². The highest BCUT2D eigenvalue weighted by molar-refractivity contribution is 7.92. The van der Waals surface area contributed by atoms with Crippen LogP contribution in [0.5, 0.6) is 0 Å². The first kappa shape index (κ1) is 31.7. The van der Waals surface area contributed by atoms with Crippen molar-refractivity contribution in [2.24, 2.45) is 0 Å². The number of hydrogen-bond acceptors (Lipinski definition) is 7. The molecule has 4 rings (SSSR count). The smallest absolute Gasteiger partial charge is 0.330 e. The SMILES string of the molecule is CNCc1cc(NC(=O)CCCc2ccc(C(Nc3ccc4c(c3)C(=O)NCC4)C(=O)O)cc2)ccc1S(=O)(=O)C(C)C. The lowest BCUT2D eigenvalue weighted by molar-refractivity contribution is -0.138. The molecule has 0 fully saturated rings. The van der Waals surface area contributed by atoms with E-state index in [2.05, 4.69) is 21.3 Å². The number of anilines is 2. The van der Waals surface area contributed by atoms with Gasteiger partial charge in [-0.3, -0.25) is 9.59 Å². The zero-order chi connectivity index (χ0) is 31.1. The van der Waals surface area contributed by atoms with E-state index in [1.807, 2.05) is 18.2 Å². The molecule has 228 valence electrons. The van der Waals surface area contributed by atoms with Crippen molar-refractivity contribution in [3.63, 3.8) is 0 Å². The Bertz CT molecular complexity index is 1600. The van der Waals surface area contributed by atoms with Crippen molar-refractivity contribution in [2.75, 3.05) is 24.2 Å². The van der Waals surface area contributed by atoms with Gasteiger partial charge in [0.15, 0.2) is 15.9 Å². The van der Waals surface area contributed by atoms with E-state index >= 15 is 0 Å². The number of rotatable bonds is 13. The standard InChI is InChI=1S/C32H38N4O6S/c1-20(2)43(41,42)28-14-13-25(17-24(28)19-33-3)35-29(37)6-4-5-21-7-9-23(10-8-21)30(32(39)40)36-26-12-11-22-15-16-34-31(38)27(22)18-26/h7-14,17-18,20,30,33,36H,4-6,15-16,19H2,1-3H3,(H,34,38)(H,35,37)(H,39,40). The average Bonchev–Trinajstić information content (AvgIpc) is 2.97. The third kappa shape index (κ3) is 7.79. The average molecular weight is 607 g/mol. The van der Waals surface area contributed by atoms with Crippen LogP contribution in [0.4, 0.5) is 11.4 Å². The predicted octanol–water partition coefficient (Wildman–Crippen LogP) is 4.07. The maximum absolute atomic E-state index is 12.7. The van der Waals surface area contributed by atoms with Crippen LogP contribution in [0.15, 0.2) is 65.6 Å². The van der Waals surface area contributed by atoms with Crippen LogP contribution in [-0.4, -0.2) is 50.2 Å². The van der Waals surface area contributed by atoms with E-state index in [1.54, 1.807) is 63.4 Å². The number of carbonyl (C=O) groups is 3. The molecular formula is C32H38N4O6S. The topological polar surface area (TPSA) is 154 Å². The van der Waals surface area contributed by atoms with Gasteiger partial charge in [-0.1, -0.05) is 30.3 Å².